The van der Waals surface area contributed by atoms with Crippen LogP contribution in [0.25, 0.3) is 0 Å². The molecule has 1 aromatic carbocycles. The summed E-state index contributed by atoms with van der Waals surface area (Å²) in [6.45, 7) is 3.20. The van der Waals surface area contributed by atoms with Crippen LogP contribution in [-0.2, 0) is 0 Å². The molecule has 0 bridgehead atoms. The average molecular weight is 231 g/mol. The molecule has 1 aliphatic carbocycles. The average Bonchev–Trinajstić information content (AvgIpc) is 2.37. The van der Waals surface area contributed by atoms with Crippen LogP contribution in [-0.4, -0.2) is 11.7 Å². The normalized spacial score (nSPS) is 21.4. The van der Waals surface area contributed by atoms with Crippen molar-refractivity contribution in [1.29, 1.82) is 0 Å². The van der Waals surface area contributed by atoms with Crippen LogP contribution in [0.5, 0.6) is 5.75 Å². The van der Waals surface area contributed by atoms with Crippen molar-refractivity contribution in [2.24, 2.45) is 5.92 Å². The molecule has 0 saturated carbocycles. The zero-order valence-corrected chi connectivity index (χ0v) is 10.4. The Balaban J connectivity index is 1.84. The van der Waals surface area contributed by atoms with Crippen molar-refractivity contribution in [3.63, 3.8) is 0 Å². The van der Waals surface area contributed by atoms with E-state index in [1.807, 2.05) is 12.1 Å². The maximum atomic E-state index is 9.44. The van der Waals surface area contributed by atoms with Crippen LogP contribution in [0, 0.1) is 5.92 Å². The highest BCUT2D eigenvalue weighted by Gasteiger charge is 2.12. The molecule has 0 aromatic heterocycles. The van der Waals surface area contributed by atoms with E-state index in [0.717, 1.165) is 18.0 Å². The second kappa shape index (κ2) is 5.87. The lowest BCUT2D eigenvalue weighted by Crippen LogP contribution is -2.26. The van der Waals surface area contributed by atoms with Crippen molar-refractivity contribution in [3.8, 4) is 5.75 Å². The standard InChI is InChI=1S/C15H21NO/c1-12(14-8-5-9-15(17)10-14)16-11-13-6-3-2-4-7-13/h2-3,5,8-10,12-13,16-17H,4,6-7,11H2,1H3. The Bertz CT molecular complexity index is 386. The number of aromatic hydroxyl groups is 1. The Morgan fingerprint density at radius 1 is 1.41 bits per heavy atom. The fourth-order valence-corrected chi connectivity index (χ4v) is 2.30. The predicted molar refractivity (Wildman–Crippen MR) is 71.0 cm³/mol. The molecule has 0 saturated heterocycles. The Labute approximate surface area is 103 Å². The minimum Gasteiger partial charge on any atom is -0.508 e. The van der Waals surface area contributed by atoms with Crippen molar-refractivity contribution >= 4 is 0 Å². The van der Waals surface area contributed by atoms with Gasteiger partial charge in [0, 0.05) is 6.04 Å². The molecule has 1 aliphatic rings. The van der Waals surface area contributed by atoms with Gasteiger partial charge < -0.3 is 10.4 Å². The number of benzene rings is 1. The van der Waals surface area contributed by atoms with Gasteiger partial charge in [-0.1, -0.05) is 24.3 Å². The molecular formula is C15H21NO. The Morgan fingerprint density at radius 2 is 2.29 bits per heavy atom. The summed E-state index contributed by atoms with van der Waals surface area (Å²) in [5.41, 5.74) is 1.15. The molecule has 0 amide bonds. The van der Waals surface area contributed by atoms with Crippen molar-refractivity contribution in [2.75, 3.05) is 6.54 Å². The topological polar surface area (TPSA) is 32.3 Å². The summed E-state index contributed by atoms with van der Waals surface area (Å²) in [4.78, 5) is 0. The van der Waals surface area contributed by atoms with Gasteiger partial charge >= 0.3 is 0 Å². The van der Waals surface area contributed by atoms with Crippen LogP contribution < -0.4 is 5.32 Å². The lowest BCUT2D eigenvalue weighted by atomic mass is 9.94. The number of rotatable bonds is 4. The first kappa shape index (κ1) is 12.2. The van der Waals surface area contributed by atoms with Gasteiger partial charge in [0.1, 0.15) is 5.75 Å². The Hall–Kier alpha value is -1.28. The summed E-state index contributed by atoms with van der Waals surface area (Å²) in [7, 11) is 0. The predicted octanol–water partition coefficient (Wildman–Crippen LogP) is 3.40. The molecule has 2 unspecified atom stereocenters. The van der Waals surface area contributed by atoms with E-state index < -0.39 is 0 Å². The molecule has 1 aromatic rings. The van der Waals surface area contributed by atoms with Gasteiger partial charge in [-0.15, -0.1) is 0 Å². The van der Waals surface area contributed by atoms with Gasteiger partial charge in [-0.25, -0.2) is 0 Å². The van der Waals surface area contributed by atoms with E-state index in [4.69, 9.17) is 0 Å². The van der Waals surface area contributed by atoms with E-state index in [2.05, 4.69) is 30.5 Å². The molecule has 0 aliphatic heterocycles. The van der Waals surface area contributed by atoms with E-state index in [1.165, 1.54) is 19.3 Å². The van der Waals surface area contributed by atoms with Gasteiger partial charge in [0.25, 0.3) is 0 Å². The first-order valence-corrected chi connectivity index (χ1v) is 6.43. The van der Waals surface area contributed by atoms with Crippen molar-refractivity contribution in [1.82, 2.24) is 5.32 Å². The summed E-state index contributed by atoms with van der Waals surface area (Å²) < 4.78 is 0. The monoisotopic (exact) mass is 231 g/mol. The molecule has 0 heterocycles. The summed E-state index contributed by atoms with van der Waals surface area (Å²) in [6, 6.07) is 7.79. The van der Waals surface area contributed by atoms with Gasteiger partial charge in [-0.3, -0.25) is 0 Å². The molecule has 2 heteroatoms. The van der Waals surface area contributed by atoms with Gasteiger partial charge in [0.2, 0.25) is 0 Å². The van der Waals surface area contributed by atoms with Crippen LogP contribution in [0.3, 0.4) is 0 Å². The third-order valence-corrected chi connectivity index (χ3v) is 3.46. The Morgan fingerprint density at radius 3 is 3.00 bits per heavy atom. The van der Waals surface area contributed by atoms with Crippen molar-refractivity contribution in [3.05, 3.63) is 42.0 Å². The number of allylic oxidation sites excluding steroid dienone is 2. The van der Waals surface area contributed by atoms with Gasteiger partial charge in [-0.05, 0) is 56.3 Å². The maximum Gasteiger partial charge on any atom is 0.115 e. The van der Waals surface area contributed by atoms with Crippen LogP contribution >= 0.6 is 0 Å². The summed E-state index contributed by atoms with van der Waals surface area (Å²) in [5.74, 6) is 1.11. The van der Waals surface area contributed by atoms with E-state index in [1.54, 1.807) is 6.07 Å². The van der Waals surface area contributed by atoms with Crippen LogP contribution in [0.4, 0.5) is 0 Å². The smallest absolute Gasteiger partial charge is 0.115 e. The molecule has 2 atom stereocenters. The van der Waals surface area contributed by atoms with Crippen LogP contribution in [0.1, 0.15) is 37.8 Å². The number of hydrogen-bond donors (Lipinski definition) is 2. The molecule has 92 valence electrons. The molecule has 2 rings (SSSR count). The van der Waals surface area contributed by atoms with Gasteiger partial charge in [0.05, 0.1) is 0 Å². The Kier molecular flexibility index (Phi) is 4.21. The lowest BCUT2D eigenvalue weighted by molar-refractivity contribution is 0.414. The zero-order chi connectivity index (χ0) is 12.1. The minimum atomic E-state index is 0.299. The molecule has 0 spiro atoms. The van der Waals surface area contributed by atoms with E-state index >= 15 is 0 Å². The summed E-state index contributed by atoms with van der Waals surface area (Å²) >= 11 is 0. The number of nitrogens with one attached hydrogen (secondary N) is 1. The third-order valence-electron chi connectivity index (χ3n) is 3.46. The fourth-order valence-electron chi connectivity index (χ4n) is 2.30. The highest BCUT2D eigenvalue weighted by molar-refractivity contribution is 5.29. The first-order valence-electron chi connectivity index (χ1n) is 6.43. The van der Waals surface area contributed by atoms with E-state index in [-0.39, 0.29) is 0 Å². The highest BCUT2D eigenvalue weighted by atomic mass is 16.3. The third kappa shape index (κ3) is 3.60. The number of phenolic OH excluding ortho intramolecular Hbond substituents is 1. The van der Waals surface area contributed by atoms with Crippen LogP contribution in [0.2, 0.25) is 0 Å². The summed E-state index contributed by atoms with van der Waals surface area (Å²) in [6.07, 6.45) is 8.26. The second-order valence-electron chi connectivity index (χ2n) is 4.88. The highest BCUT2D eigenvalue weighted by Crippen LogP contribution is 2.20. The molecule has 17 heavy (non-hydrogen) atoms. The van der Waals surface area contributed by atoms with Crippen LogP contribution in [0.15, 0.2) is 36.4 Å². The van der Waals surface area contributed by atoms with Crippen molar-refractivity contribution in [2.45, 2.75) is 32.2 Å². The maximum absolute atomic E-state index is 9.44. The minimum absolute atomic E-state index is 0.299. The fraction of sp³-hybridized carbons (Fsp3) is 0.467. The SMILES string of the molecule is CC(NCC1CC=CCC1)c1cccc(O)c1. The lowest BCUT2D eigenvalue weighted by Gasteiger charge is -2.21. The zero-order valence-electron chi connectivity index (χ0n) is 10.4. The van der Waals surface area contributed by atoms with E-state index in [9.17, 15) is 5.11 Å². The van der Waals surface area contributed by atoms with Gasteiger partial charge in [0.15, 0.2) is 0 Å². The summed E-state index contributed by atoms with van der Waals surface area (Å²) in [5, 5.41) is 13.0. The number of phenols is 1. The quantitative estimate of drug-likeness (QED) is 0.778. The largest absolute Gasteiger partial charge is 0.508 e. The molecule has 0 radical (unpaired) electrons. The molecular weight excluding hydrogens is 210 g/mol. The number of hydrogen-bond acceptors (Lipinski definition) is 2. The second-order valence-corrected chi connectivity index (χ2v) is 4.88. The molecule has 2 N–H and O–H groups in total. The first-order chi connectivity index (χ1) is 8.25. The molecule has 0 fully saturated rings. The molecule has 2 nitrogen and oxygen atoms in total. The van der Waals surface area contributed by atoms with E-state index in [0.29, 0.717) is 11.8 Å². The van der Waals surface area contributed by atoms with Gasteiger partial charge in [-0.2, -0.15) is 0 Å². The van der Waals surface area contributed by atoms with Crippen molar-refractivity contribution < 1.29 is 5.11 Å².